The zero-order valence-electron chi connectivity index (χ0n) is 20.0. The molecule has 0 saturated carbocycles. The summed E-state index contributed by atoms with van der Waals surface area (Å²) in [6, 6.07) is 22.6. The molecule has 0 atom stereocenters. The van der Waals surface area contributed by atoms with Gasteiger partial charge in [-0.1, -0.05) is 64.5 Å². The molecule has 3 aromatic rings. The standard InChI is InChI=1S/C27H29BrN2O4S/c1-4-30(27(2,3)19-29-35(33,34)18-20-10-6-5-7-11-20)26(32)24-13-9-8-12-23(24)25(31)21-14-16-22(28)17-15-21/h5-17,29H,4,18-19H2,1-3H3. The second kappa shape index (κ2) is 11.3. The van der Waals surface area contributed by atoms with E-state index in [1.807, 2.05) is 13.0 Å². The minimum atomic E-state index is -3.61. The average molecular weight is 558 g/mol. The monoisotopic (exact) mass is 556 g/mol. The van der Waals surface area contributed by atoms with Crippen LogP contribution in [0.1, 0.15) is 52.6 Å². The van der Waals surface area contributed by atoms with Crippen LogP contribution in [-0.2, 0) is 15.8 Å². The molecule has 0 aromatic heterocycles. The lowest BCUT2D eigenvalue weighted by molar-refractivity contribution is 0.0571. The fourth-order valence-electron chi connectivity index (χ4n) is 3.84. The van der Waals surface area contributed by atoms with Crippen LogP contribution in [-0.4, -0.2) is 43.6 Å². The summed E-state index contributed by atoms with van der Waals surface area (Å²) in [5.41, 5.74) is 0.899. The van der Waals surface area contributed by atoms with E-state index in [0.717, 1.165) is 4.47 Å². The number of nitrogens with zero attached hydrogens (tertiary/aromatic N) is 1. The number of hydrogen-bond donors (Lipinski definition) is 1. The van der Waals surface area contributed by atoms with Crippen molar-refractivity contribution in [1.82, 2.24) is 9.62 Å². The highest BCUT2D eigenvalue weighted by atomic mass is 79.9. The number of ketones is 1. The lowest BCUT2D eigenvalue weighted by Crippen LogP contribution is -2.54. The normalized spacial score (nSPS) is 11.8. The zero-order valence-corrected chi connectivity index (χ0v) is 22.4. The zero-order chi connectivity index (χ0) is 25.6. The first-order valence-corrected chi connectivity index (χ1v) is 13.7. The third-order valence-electron chi connectivity index (χ3n) is 5.72. The number of hydrogen-bond acceptors (Lipinski definition) is 4. The fourth-order valence-corrected chi connectivity index (χ4v) is 5.41. The quantitative estimate of drug-likeness (QED) is 0.354. The smallest absolute Gasteiger partial charge is 0.255 e. The summed E-state index contributed by atoms with van der Waals surface area (Å²) in [7, 11) is -3.61. The van der Waals surface area contributed by atoms with E-state index < -0.39 is 15.6 Å². The van der Waals surface area contributed by atoms with Gasteiger partial charge in [0.1, 0.15) is 0 Å². The molecule has 0 heterocycles. The lowest BCUT2D eigenvalue weighted by atomic mass is 9.95. The van der Waals surface area contributed by atoms with Gasteiger partial charge in [0, 0.05) is 28.7 Å². The molecule has 3 rings (SSSR count). The maximum absolute atomic E-state index is 13.6. The molecule has 1 N–H and O–H groups in total. The summed E-state index contributed by atoms with van der Waals surface area (Å²) in [6.45, 7) is 5.81. The first kappa shape index (κ1) is 26.8. The number of halogens is 1. The molecule has 0 fully saturated rings. The maximum atomic E-state index is 13.6. The summed E-state index contributed by atoms with van der Waals surface area (Å²) in [4.78, 5) is 28.4. The van der Waals surface area contributed by atoms with Crippen molar-refractivity contribution in [1.29, 1.82) is 0 Å². The van der Waals surface area contributed by atoms with Gasteiger partial charge in [0.2, 0.25) is 10.0 Å². The Kier molecular flexibility index (Phi) is 8.64. The molecule has 0 saturated heterocycles. The molecule has 8 heteroatoms. The minimum Gasteiger partial charge on any atom is -0.332 e. The van der Waals surface area contributed by atoms with Crippen LogP contribution in [0.3, 0.4) is 0 Å². The third kappa shape index (κ3) is 6.87. The van der Waals surface area contributed by atoms with Crippen LogP contribution in [0, 0.1) is 0 Å². The van der Waals surface area contributed by atoms with E-state index in [0.29, 0.717) is 23.2 Å². The molecule has 0 unspecified atom stereocenters. The van der Waals surface area contributed by atoms with Crippen molar-refractivity contribution in [2.75, 3.05) is 13.1 Å². The fraction of sp³-hybridized carbons (Fsp3) is 0.259. The molecule has 0 bridgehead atoms. The van der Waals surface area contributed by atoms with Gasteiger partial charge in [0.15, 0.2) is 5.78 Å². The number of benzene rings is 3. The predicted molar refractivity (Wildman–Crippen MR) is 142 cm³/mol. The molecular weight excluding hydrogens is 528 g/mol. The highest BCUT2D eigenvalue weighted by Crippen LogP contribution is 2.23. The number of likely N-dealkylation sites (N-methyl/N-ethyl adjacent to an activating group) is 1. The molecule has 184 valence electrons. The molecule has 35 heavy (non-hydrogen) atoms. The van der Waals surface area contributed by atoms with Crippen LogP contribution in [0.2, 0.25) is 0 Å². The van der Waals surface area contributed by atoms with Gasteiger partial charge in [-0.15, -0.1) is 0 Å². The van der Waals surface area contributed by atoms with Crippen molar-refractivity contribution in [3.63, 3.8) is 0 Å². The molecular formula is C27H29BrN2O4S. The first-order chi connectivity index (χ1) is 16.5. The van der Waals surface area contributed by atoms with Crippen molar-refractivity contribution in [3.8, 4) is 0 Å². The Hall–Kier alpha value is -2.81. The van der Waals surface area contributed by atoms with Gasteiger partial charge in [0.25, 0.3) is 5.91 Å². The topological polar surface area (TPSA) is 83.6 Å². The van der Waals surface area contributed by atoms with Crippen molar-refractivity contribution >= 4 is 37.6 Å². The Balaban J connectivity index is 1.81. The van der Waals surface area contributed by atoms with Crippen molar-refractivity contribution in [3.05, 3.63) is 106 Å². The lowest BCUT2D eigenvalue weighted by Gasteiger charge is -2.38. The van der Waals surface area contributed by atoms with Crippen molar-refractivity contribution in [2.45, 2.75) is 32.1 Å². The Morgan fingerprint density at radius 3 is 2.06 bits per heavy atom. The largest absolute Gasteiger partial charge is 0.332 e. The molecule has 0 aliphatic heterocycles. The van der Waals surface area contributed by atoms with E-state index in [1.165, 1.54) is 0 Å². The molecule has 1 amide bonds. The van der Waals surface area contributed by atoms with Crippen LogP contribution < -0.4 is 4.72 Å². The number of sulfonamides is 1. The number of nitrogens with one attached hydrogen (secondary N) is 1. The Bertz CT molecular complexity index is 1290. The van der Waals surface area contributed by atoms with Gasteiger partial charge >= 0.3 is 0 Å². The highest BCUT2D eigenvalue weighted by Gasteiger charge is 2.33. The Morgan fingerprint density at radius 2 is 1.46 bits per heavy atom. The van der Waals surface area contributed by atoms with E-state index in [2.05, 4.69) is 20.7 Å². The molecule has 0 aliphatic carbocycles. The predicted octanol–water partition coefficient (Wildman–Crippen LogP) is 5.04. The number of amides is 1. The number of rotatable bonds is 10. The van der Waals surface area contributed by atoms with E-state index in [9.17, 15) is 18.0 Å². The summed E-state index contributed by atoms with van der Waals surface area (Å²) in [6.07, 6.45) is 0. The maximum Gasteiger partial charge on any atom is 0.255 e. The second-order valence-electron chi connectivity index (χ2n) is 8.81. The molecule has 0 radical (unpaired) electrons. The van der Waals surface area contributed by atoms with Gasteiger partial charge in [-0.3, -0.25) is 9.59 Å². The molecule has 6 nitrogen and oxygen atoms in total. The molecule has 0 aliphatic rings. The van der Waals surface area contributed by atoms with Gasteiger partial charge in [0.05, 0.1) is 16.9 Å². The first-order valence-electron chi connectivity index (χ1n) is 11.3. The number of carbonyl (C=O) groups excluding carboxylic acids is 2. The van der Waals surface area contributed by atoms with Gasteiger partial charge in [-0.25, -0.2) is 13.1 Å². The van der Waals surface area contributed by atoms with E-state index >= 15 is 0 Å². The van der Waals surface area contributed by atoms with E-state index in [1.54, 1.807) is 91.5 Å². The third-order valence-corrected chi connectivity index (χ3v) is 7.55. The Labute approximate surface area is 215 Å². The van der Waals surface area contributed by atoms with E-state index in [4.69, 9.17) is 0 Å². The molecule has 0 spiro atoms. The van der Waals surface area contributed by atoms with Crippen LogP contribution >= 0.6 is 15.9 Å². The molecule has 3 aromatic carbocycles. The minimum absolute atomic E-state index is 0.0323. The summed E-state index contributed by atoms with van der Waals surface area (Å²) >= 11 is 3.36. The van der Waals surface area contributed by atoms with Crippen LogP contribution in [0.5, 0.6) is 0 Å². The van der Waals surface area contributed by atoms with Crippen LogP contribution in [0.4, 0.5) is 0 Å². The van der Waals surface area contributed by atoms with Crippen molar-refractivity contribution < 1.29 is 18.0 Å². The van der Waals surface area contributed by atoms with Crippen LogP contribution in [0.15, 0.2) is 83.3 Å². The summed E-state index contributed by atoms with van der Waals surface area (Å²) in [5, 5.41) is 0. The highest BCUT2D eigenvalue weighted by molar-refractivity contribution is 9.10. The van der Waals surface area contributed by atoms with Crippen molar-refractivity contribution in [2.24, 2.45) is 0 Å². The Morgan fingerprint density at radius 1 is 0.886 bits per heavy atom. The average Bonchev–Trinajstić information content (AvgIpc) is 2.83. The second-order valence-corrected chi connectivity index (χ2v) is 11.5. The SMILES string of the molecule is CCN(C(=O)c1ccccc1C(=O)c1ccc(Br)cc1)C(C)(C)CNS(=O)(=O)Cc1ccccc1. The summed E-state index contributed by atoms with van der Waals surface area (Å²) < 4.78 is 28.8. The summed E-state index contributed by atoms with van der Waals surface area (Å²) in [5.74, 6) is -0.728. The number of carbonyl (C=O) groups is 2. The van der Waals surface area contributed by atoms with Gasteiger partial charge in [-0.05, 0) is 56.7 Å². The van der Waals surface area contributed by atoms with Gasteiger partial charge < -0.3 is 4.90 Å². The van der Waals surface area contributed by atoms with Gasteiger partial charge in [-0.2, -0.15) is 0 Å². The van der Waals surface area contributed by atoms with Crippen LogP contribution in [0.25, 0.3) is 0 Å². The van der Waals surface area contributed by atoms with E-state index in [-0.39, 0.29) is 29.6 Å².